The van der Waals surface area contributed by atoms with E-state index in [4.69, 9.17) is 0 Å². The third kappa shape index (κ3) is 3.53. The van der Waals surface area contributed by atoms with Crippen molar-refractivity contribution in [1.82, 2.24) is 5.32 Å². The number of anilines is 1. The van der Waals surface area contributed by atoms with Gasteiger partial charge in [-0.05, 0) is 62.3 Å². The van der Waals surface area contributed by atoms with Gasteiger partial charge in [-0.15, -0.1) is 0 Å². The van der Waals surface area contributed by atoms with Gasteiger partial charge in [-0.25, -0.2) is 0 Å². The molecule has 2 N–H and O–H groups in total. The first-order valence-electron chi connectivity index (χ1n) is 8.04. The summed E-state index contributed by atoms with van der Waals surface area (Å²) in [6.07, 6.45) is 5.95. The minimum absolute atomic E-state index is 0.0365. The zero-order valence-corrected chi connectivity index (χ0v) is 12.2. The number of aliphatic hydroxyl groups excluding tert-OH is 1. The maximum Gasteiger partial charge on any atom is 0.0546 e. The van der Waals surface area contributed by atoms with Crippen molar-refractivity contribution < 1.29 is 5.11 Å². The molecule has 110 valence electrons. The first-order valence-corrected chi connectivity index (χ1v) is 8.04. The monoisotopic (exact) mass is 274 g/mol. The molecule has 0 spiro atoms. The molecule has 1 aromatic carbocycles. The molecule has 3 nitrogen and oxygen atoms in total. The van der Waals surface area contributed by atoms with Gasteiger partial charge in [0.1, 0.15) is 0 Å². The SMILES string of the molecule is OC1CC(CNCc2ccc(N3CCCCC3)cc2)C1. The standard InChI is InChI=1S/C17H26N2O/c20-17-10-15(11-17)13-18-12-14-4-6-16(7-5-14)19-8-2-1-3-9-19/h4-7,15,17-18,20H,1-3,8-13H2. The Hall–Kier alpha value is -1.06. The van der Waals surface area contributed by atoms with Crippen molar-refractivity contribution in [2.75, 3.05) is 24.5 Å². The Labute approximate surface area is 122 Å². The first-order chi connectivity index (χ1) is 9.81. The lowest BCUT2D eigenvalue weighted by Crippen LogP contribution is -2.35. The summed E-state index contributed by atoms with van der Waals surface area (Å²) in [5.74, 6) is 0.678. The fourth-order valence-electron chi connectivity index (χ4n) is 3.26. The zero-order valence-electron chi connectivity index (χ0n) is 12.2. The predicted octanol–water partition coefficient (Wildman–Crippen LogP) is 2.54. The number of rotatable bonds is 5. The average Bonchev–Trinajstić information content (AvgIpc) is 2.47. The van der Waals surface area contributed by atoms with Gasteiger partial charge in [0, 0.05) is 25.3 Å². The highest BCUT2D eigenvalue weighted by atomic mass is 16.3. The fraction of sp³-hybridized carbons (Fsp3) is 0.647. The third-order valence-corrected chi connectivity index (χ3v) is 4.63. The molecule has 1 saturated carbocycles. The van der Waals surface area contributed by atoms with Crippen LogP contribution in [0.25, 0.3) is 0 Å². The van der Waals surface area contributed by atoms with Gasteiger partial charge in [-0.3, -0.25) is 0 Å². The molecule has 1 aliphatic heterocycles. The highest BCUT2D eigenvalue weighted by Gasteiger charge is 2.26. The third-order valence-electron chi connectivity index (χ3n) is 4.63. The molecular weight excluding hydrogens is 248 g/mol. The second-order valence-corrected chi connectivity index (χ2v) is 6.34. The van der Waals surface area contributed by atoms with E-state index in [9.17, 15) is 5.11 Å². The van der Waals surface area contributed by atoms with Crippen molar-refractivity contribution >= 4 is 5.69 Å². The molecule has 3 rings (SSSR count). The number of hydrogen-bond acceptors (Lipinski definition) is 3. The van der Waals surface area contributed by atoms with Crippen molar-refractivity contribution in [3.63, 3.8) is 0 Å². The summed E-state index contributed by atoms with van der Waals surface area (Å²) >= 11 is 0. The molecule has 1 saturated heterocycles. The molecule has 2 fully saturated rings. The van der Waals surface area contributed by atoms with Crippen LogP contribution in [-0.4, -0.2) is 30.8 Å². The molecular formula is C17H26N2O. The highest BCUT2D eigenvalue weighted by molar-refractivity contribution is 5.47. The second-order valence-electron chi connectivity index (χ2n) is 6.34. The van der Waals surface area contributed by atoms with Crippen LogP contribution in [0.5, 0.6) is 0 Å². The maximum atomic E-state index is 9.26. The van der Waals surface area contributed by atoms with E-state index < -0.39 is 0 Å². The van der Waals surface area contributed by atoms with Crippen LogP contribution in [0, 0.1) is 5.92 Å². The van der Waals surface area contributed by atoms with E-state index >= 15 is 0 Å². The Morgan fingerprint density at radius 3 is 2.40 bits per heavy atom. The van der Waals surface area contributed by atoms with Crippen LogP contribution in [0.3, 0.4) is 0 Å². The normalized spacial score (nSPS) is 26.4. The molecule has 0 bridgehead atoms. The molecule has 0 radical (unpaired) electrons. The number of aliphatic hydroxyl groups is 1. The summed E-state index contributed by atoms with van der Waals surface area (Å²) < 4.78 is 0. The Morgan fingerprint density at radius 1 is 1.05 bits per heavy atom. The van der Waals surface area contributed by atoms with Gasteiger partial charge < -0.3 is 15.3 Å². The van der Waals surface area contributed by atoms with Crippen molar-refractivity contribution in [1.29, 1.82) is 0 Å². The van der Waals surface area contributed by atoms with E-state index in [1.54, 1.807) is 0 Å². The fourth-order valence-corrected chi connectivity index (χ4v) is 3.26. The van der Waals surface area contributed by atoms with Crippen LogP contribution in [0.4, 0.5) is 5.69 Å². The lowest BCUT2D eigenvalue weighted by Gasteiger charge is -2.31. The van der Waals surface area contributed by atoms with E-state index in [2.05, 4.69) is 34.5 Å². The molecule has 0 unspecified atom stereocenters. The van der Waals surface area contributed by atoms with Gasteiger partial charge >= 0.3 is 0 Å². The summed E-state index contributed by atoms with van der Waals surface area (Å²) in [5.41, 5.74) is 2.72. The van der Waals surface area contributed by atoms with Crippen LogP contribution in [0.2, 0.25) is 0 Å². The van der Waals surface area contributed by atoms with E-state index in [0.29, 0.717) is 5.92 Å². The summed E-state index contributed by atoms with van der Waals surface area (Å²) in [6, 6.07) is 9.00. The lowest BCUT2D eigenvalue weighted by molar-refractivity contribution is 0.0430. The van der Waals surface area contributed by atoms with Crippen LogP contribution in [-0.2, 0) is 6.54 Å². The smallest absolute Gasteiger partial charge is 0.0546 e. The van der Waals surface area contributed by atoms with Crippen LogP contribution in [0.1, 0.15) is 37.7 Å². The van der Waals surface area contributed by atoms with E-state index in [0.717, 1.165) is 25.9 Å². The Kier molecular flexibility index (Phi) is 4.58. The summed E-state index contributed by atoms with van der Waals surface area (Å²) in [7, 11) is 0. The first kappa shape index (κ1) is 13.9. The van der Waals surface area contributed by atoms with Crippen LogP contribution in [0.15, 0.2) is 24.3 Å². The lowest BCUT2D eigenvalue weighted by atomic mass is 9.82. The number of piperidine rings is 1. The van der Waals surface area contributed by atoms with Crippen molar-refractivity contribution in [3.8, 4) is 0 Å². The molecule has 1 aliphatic carbocycles. The Morgan fingerprint density at radius 2 is 1.75 bits per heavy atom. The zero-order chi connectivity index (χ0) is 13.8. The van der Waals surface area contributed by atoms with Crippen LogP contribution >= 0.6 is 0 Å². The van der Waals surface area contributed by atoms with Gasteiger partial charge in [0.05, 0.1) is 6.10 Å². The van der Waals surface area contributed by atoms with Crippen molar-refractivity contribution in [2.45, 2.75) is 44.8 Å². The van der Waals surface area contributed by atoms with Gasteiger partial charge in [0.25, 0.3) is 0 Å². The molecule has 1 aromatic rings. The van der Waals surface area contributed by atoms with E-state index in [-0.39, 0.29) is 6.10 Å². The molecule has 0 aromatic heterocycles. The predicted molar refractivity (Wildman–Crippen MR) is 82.9 cm³/mol. The number of nitrogens with zero attached hydrogens (tertiary/aromatic N) is 1. The maximum absolute atomic E-state index is 9.26. The van der Waals surface area contributed by atoms with Crippen molar-refractivity contribution in [3.05, 3.63) is 29.8 Å². The Bertz CT molecular complexity index is 406. The number of hydrogen-bond donors (Lipinski definition) is 2. The molecule has 0 atom stereocenters. The van der Waals surface area contributed by atoms with E-state index in [1.807, 2.05) is 0 Å². The topological polar surface area (TPSA) is 35.5 Å². The van der Waals surface area contributed by atoms with Gasteiger partial charge in [-0.2, -0.15) is 0 Å². The van der Waals surface area contributed by atoms with Gasteiger partial charge in [-0.1, -0.05) is 12.1 Å². The molecule has 20 heavy (non-hydrogen) atoms. The minimum atomic E-state index is -0.0365. The minimum Gasteiger partial charge on any atom is -0.393 e. The largest absolute Gasteiger partial charge is 0.393 e. The number of benzene rings is 1. The Balaban J connectivity index is 1.43. The summed E-state index contributed by atoms with van der Waals surface area (Å²) in [5, 5.41) is 12.8. The van der Waals surface area contributed by atoms with Crippen LogP contribution < -0.4 is 10.2 Å². The van der Waals surface area contributed by atoms with E-state index in [1.165, 1.54) is 43.6 Å². The average molecular weight is 274 g/mol. The molecule has 3 heteroatoms. The molecule has 0 amide bonds. The second kappa shape index (κ2) is 6.59. The van der Waals surface area contributed by atoms with Gasteiger partial charge in [0.2, 0.25) is 0 Å². The quantitative estimate of drug-likeness (QED) is 0.866. The summed E-state index contributed by atoms with van der Waals surface area (Å²) in [6.45, 7) is 4.39. The number of nitrogens with one attached hydrogen (secondary N) is 1. The summed E-state index contributed by atoms with van der Waals surface area (Å²) in [4.78, 5) is 2.50. The highest BCUT2D eigenvalue weighted by Crippen LogP contribution is 2.26. The molecule has 1 heterocycles. The van der Waals surface area contributed by atoms with Crippen molar-refractivity contribution in [2.24, 2.45) is 5.92 Å². The molecule has 2 aliphatic rings. The van der Waals surface area contributed by atoms with Gasteiger partial charge in [0.15, 0.2) is 0 Å².